The van der Waals surface area contributed by atoms with Gasteiger partial charge in [0.15, 0.2) is 0 Å². The number of furan rings is 1. The Morgan fingerprint density at radius 2 is 1.69 bits per heavy atom. The molecule has 2 heterocycles. The van der Waals surface area contributed by atoms with E-state index in [4.69, 9.17) is 4.42 Å². The second kappa shape index (κ2) is 10.4. The molecule has 0 saturated carbocycles. The van der Waals surface area contributed by atoms with Crippen molar-refractivity contribution in [3.05, 3.63) is 90.1 Å². The number of halogens is 1. The average molecular weight is 457 g/mol. The van der Waals surface area contributed by atoms with E-state index >= 15 is 0 Å². The van der Waals surface area contributed by atoms with Gasteiger partial charge in [-0.15, -0.1) is 0 Å². The van der Waals surface area contributed by atoms with Crippen molar-refractivity contribution >= 4 is 10.0 Å². The third-order valence-electron chi connectivity index (χ3n) is 6.06. The van der Waals surface area contributed by atoms with Gasteiger partial charge in [-0.05, 0) is 75.1 Å². The van der Waals surface area contributed by atoms with Crippen molar-refractivity contribution in [2.24, 2.45) is 0 Å². The standard InChI is InChI=1S/C25H29FN2O3S/c26-24-12-4-5-13-25(24)32(29,30)28(20-23-11-7-19-31-23)22-14-17-27(18-15-22)16-6-10-21-8-2-1-3-9-21/h1-5,7-9,11-13,19,22H,6,10,14-18,20H2. The monoisotopic (exact) mass is 456 g/mol. The normalized spacial score (nSPS) is 15.9. The van der Waals surface area contributed by atoms with Gasteiger partial charge in [-0.1, -0.05) is 42.5 Å². The molecule has 0 N–H and O–H groups in total. The van der Waals surface area contributed by atoms with E-state index < -0.39 is 15.8 Å². The molecule has 5 nitrogen and oxygen atoms in total. The summed E-state index contributed by atoms with van der Waals surface area (Å²) < 4.78 is 48.1. The second-order valence-electron chi connectivity index (χ2n) is 8.22. The molecule has 0 radical (unpaired) electrons. The van der Waals surface area contributed by atoms with Crippen molar-refractivity contribution < 1.29 is 17.2 Å². The van der Waals surface area contributed by atoms with Crippen molar-refractivity contribution in [2.45, 2.75) is 43.2 Å². The van der Waals surface area contributed by atoms with Crippen molar-refractivity contribution in [3.8, 4) is 0 Å². The Bertz CT molecular complexity index is 1080. The van der Waals surface area contributed by atoms with Crippen molar-refractivity contribution in [2.75, 3.05) is 19.6 Å². The number of hydrogen-bond acceptors (Lipinski definition) is 4. The first kappa shape index (κ1) is 22.7. The second-order valence-corrected chi connectivity index (χ2v) is 10.1. The van der Waals surface area contributed by atoms with Crippen molar-refractivity contribution in [1.82, 2.24) is 9.21 Å². The molecule has 0 spiro atoms. The number of hydrogen-bond donors (Lipinski definition) is 0. The summed E-state index contributed by atoms with van der Waals surface area (Å²) in [7, 11) is -4.00. The maximum atomic E-state index is 14.4. The number of likely N-dealkylation sites (tertiary alicyclic amines) is 1. The summed E-state index contributed by atoms with van der Waals surface area (Å²) in [6.45, 7) is 2.73. The van der Waals surface area contributed by atoms with Gasteiger partial charge in [-0.3, -0.25) is 0 Å². The molecular formula is C25H29FN2O3S. The van der Waals surface area contributed by atoms with Crippen LogP contribution in [0.2, 0.25) is 0 Å². The van der Waals surface area contributed by atoms with Crippen LogP contribution < -0.4 is 0 Å². The minimum Gasteiger partial charge on any atom is -0.468 e. The first-order chi connectivity index (χ1) is 15.5. The molecule has 3 aromatic rings. The predicted molar refractivity (Wildman–Crippen MR) is 122 cm³/mol. The fourth-order valence-corrected chi connectivity index (χ4v) is 6.05. The maximum Gasteiger partial charge on any atom is 0.246 e. The summed E-state index contributed by atoms with van der Waals surface area (Å²) in [5, 5.41) is 0. The van der Waals surface area contributed by atoms with Crippen LogP contribution in [0.1, 0.15) is 30.6 Å². The highest BCUT2D eigenvalue weighted by Crippen LogP contribution is 2.28. The zero-order chi connectivity index (χ0) is 22.4. The van der Waals surface area contributed by atoms with E-state index in [0.717, 1.165) is 32.5 Å². The SMILES string of the molecule is O=S(=O)(c1ccccc1F)N(Cc1ccco1)C1CCN(CCCc2ccccc2)CC1. The van der Waals surface area contributed by atoms with E-state index in [1.807, 2.05) is 6.07 Å². The highest BCUT2D eigenvalue weighted by molar-refractivity contribution is 7.89. The van der Waals surface area contributed by atoms with E-state index in [-0.39, 0.29) is 17.5 Å². The Morgan fingerprint density at radius 1 is 0.969 bits per heavy atom. The van der Waals surface area contributed by atoms with Gasteiger partial charge < -0.3 is 9.32 Å². The van der Waals surface area contributed by atoms with Gasteiger partial charge in [-0.25, -0.2) is 12.8 Å². The van der Waals surface area contributed by atoms with Crippen molar-refractivity contribution in [3.63, 3.8) is 0 Å². The minimum atomic E-state index is -4.00. The van der Waals surface area contributed by atoms with Gasteiger partial charge in [0.25, 0.3) is 0 Å². The lowest BCUT2D eigenvalue weighted by Crippen LogP contribution is -2.47. The number of nitrogens with zero attached hydrogens (tertiary/aromatic N) is 2. The zero-order valence-electron chi connectivity index (χ0n) is 18.1. The van der Waals surface area contributed by atoms with Gasteiger partial charge in [0.1, 0.15) is 16.5 Å². The molecule has 1 aromatic heterocycles. The molecule has 1 fully saturated rings. The van der Waals surface area contributed by atoms with Crippen LogP contribution in [0, 0.1) is 5.82 Å². The van der Waals surface area contributed by atoms with E-state index in [1.165, 1.54) is 34.3 Å². The summed E-state index contributed by atoms with van der Waals surface area (Å²) in [6.07, 6.45) is 5.05. The maximum absolute atomic E-state index is 14.4. The Kier molecular flexibility index (Phi) is 7.40. The largest absolute Gasteiger partial charge is 0.468 e. The number of rotatable bonds is 9. The third-order valence-corrected chi connectivity index (χ3v) is 7.99. The van der Waals surface area contributed by atoms with Gasteiger partial charge in [0.2, 0.25) is 10.0 Å². The minimum absolute atomic E-state index is 0.0995. The van der Waals surface area contributed by atoms with E-state index in [1.54, 1.807) is 18.2 Å². The summed E-state index contributed by atoms with van der Waals surface area (Å²) in [4.78, 5) is 2.11. The van der Waals surface area contributed by atoms with Crippen LogP contribution in [0.3, 0.4) is 0 Å². The molecule has 0 aliphatic carbocycles. The van der Waals surface area contributed by atoms with Gasteiger partial charge in [0, 0.05) is 6.04 Å². The summed E-state index contributed by atoms with van der Waals surface area (Å²) >= 11 is 0. The van der Waals surface area contributed by atoms with E-state index in [0.29, 0.717) is 18.6 Å². The Labute approximate surface area is 189 Å². The van der Waals surface area contributed by atoms with Crippen LogP contribution >= 0.6 is 0 Å². The number of sulfonamides is 1. The zero-order valence-corrected chi connectivity index (χ0v) is 18.9. The molecule has 0 unspecified atom stereocenters. The van der Waals surface area contributed by atoms with Crippen LogP contribution in [-0.4, -0.2) is 43.3 Å². The molecule has 1 saturated heterocycles. The summed E-state index contributed by atoms with van der Waals surface area (Å²) in [6, 6.07) is 19.3. The quantitative estimate of drug-likeness (QED) is 0.468. The van der Waals surface area contributed by atoms with Crippen LogP contribution in [0.15, 0.2) is 82.3 Å². The number of piperidine rings is 1. The van der Waals surface area contributed by atoms with Crippen LogP contribution in [0.25, 0.3) is 0 Å². The highest BCUT2D eigenvalue weighted by atomic mass is 32.2. The smallest absolute Gasteiger partial charge is 0.246 e. The Morgan fingerprint density at radius 3 is 2.38 bits per heavy atom. The molecular weight excluding hydrogens is 427 g/mol. The molecule has 4 rings (SSSR count). The molecule has 0 bridgehead atoms. The van der Waals surface area contributed by atoms with Gasteiger partial charge in [0.05, 0.1) is 12.8 Å². The van der Waals surface area contributed by atoms with Crippen LogP contribution in [0.4, 0.5) is 4.39 Å². The number of aryl methyl sites for hydroxylation is 1. The summed E-state index contributed by atoms with van der Waals surface area (Å²) in [5.74, 6) is -0.175. The lowest BCUT2D eigenvalue weighted by Gasteiger charge is -2.37. The first-order valence-corrected chi connectivity index (χ1v) is 12.5. The van der Waals surface area contributed by atoms with Crippen molar-refractivity contribution in [1.29, 1.82) is 0 Å². The molecule has 0 amide bonds. The Balaban J connectivity index is 1.42. The topological polar surface area (TPSA) is 53.8 Å². The average Bonchev–Trinajstić information content (AvgIpc) is 3.32. The number of benzene rings is 2. The van der Waals surface area contributed by atoms with Gasteiger partial charge >= 0.3 is 0 Å². The molecule has 170 valence electrons. The fourth-order valence-electron chi connectivity index (χ4n) is 4.33. The molecule has 32 heavy (non-hydrogen) atoms. The molecule has 1 aliphatic heterocycles. The van der Waals surface area contributed by atoms with E-state index in [9.17, 15) is 12.8 Å². The summed E-state index contributed by atoms with van der Waals surface area (Å²) in [5.41, 5.74) is 1.34. The van der Waals surface area contributed by atoms with Crippen LogP contribution in [-0.2, 0) is 23.0 Å². The molecule has 2 aromatic carbocycles. The molecule has 0 atom stereocenters. The van der Waals surface area contributed by atoms with E-state index in [2.05, 4.69) is 29.2 Å². The highest BCUT2D eigenvalue weighted by Gasteiger charge is 2.35. The lowest BCUT2D eigenvalue weighted by atomic mass is 10.0. The van der Waals surface area contributed by atoms with Crippen LogP contribution in [0.5, 0.6) is 0 Å². The van der Waals surface area contributed by atoms with Gasteiger partial charge in [-0.2, -0.15) is 4.31 Å². The lowest BCUT2D eigenvalue weighted by molar-refractivity contribution is 0.151. The predicted octanol–water partition coefficient (Wildman–Crippen LogP) is 4.71. The molecule has 1 aliphatic rings. The fraction of sp³-hybridized carbons (Fsp3) is 0.360. The third kappa shape index (κ3) is 5.46. The Hall–Kier alpha value is -2.48. The first-order valence-electron chi connectivity index (χ1n) is 11.1. The molecule has 7 heteroatoms.